The minimum absolute atomic E-state index is 0.678. The van der Waals surface area contributed by atoms with Crippen molar-refractivity contribution in [3.63, 3.8) is 0 Å². The Morgan fingerprint density at radius 2 is 0.857 bits per heavy atom. The second-order valence-electron chi connectivity index (χ2n) is 9.55. The van der Waals surface area contributed by atoms with Crippen LogP contribution >= 0.6 is 0 Å². The number of benzene rings is 1. The maximum Gasteiger partial charge on any atom is 0.500 e. The molecule has 0 fully saturated rings. The first-order valence-electron chi connectivity index (χ1n) is 14.9. The van der Waals surface area contributed by atoms with Crippen LogP contribution in [0.25, 0.3) is 0 Å². The van der Waals surface area contributed by atoms with Crippen LogP contribution in [0, 0.1) is 0 Å². The van der Waals surface area contributed by atoms with Crippen molar-refractivity contribution in [1.29, 1.82) is 0 Å². The minimum Gasteiger partial charge on any atom is -0.494 e. The average molecular weight is 509 g/mol. The van der Waals surface area contributed by atoms with Crippen molar-refractivity contribution in [1.82, 2.24) is 0 Å². The van der Waals surface area contributed by atoms with Crippen molar-refractivity contribution in [2.24, 2.45) is 0 Å². The van der Waals surface area contributed by atoms with E-state index < -0.39 is 8.80 Å². The lowest BCUT2D eigenvalue weighted by Crippen LogP contribution is -2.45. The molecule has 0 saturated heterocycles. The fourth-order valence-corrected chi connectivity index (χ4v) is 7.31. The summed E-state index contributed by atoms with van der Waals surface area (Å²) in [5, 5.41) is 0. The highest BCUT2D eigenvalue weighted by Gasteiger charge is 2.39. The number of unbranched alkanes of at least 4 members (excludes halogenated alkanes) is 15. The van der Waals surface area contributed by atoms with Gasteiger partial charge in [0.2, 0.25) is 0 Å². The quantitative estimate of drug-likeness (QED) is 0.0922. The molecular formula is C30H56O4Si. The number of hydrogen-bond acceptors (Lipinski definition) is 4. The normalized spacial score (nSPS) is 11.7. The van der Waals surface area contributed by atoms with Gasteiger partial charge in [0, 0.05) is 25.9 Å². The summed E-state index contributed by atoms with van der Waals surface area (Å²) in [7, 11) is -2.42. The standard InChI is InChI=1S/C30H56O4Si/c1-4-32-35(33-5-2,34-6-3)29-25-20-18-16-14-12-10-8-7-9-11-13-15-17-19-24-28-31-30-26-22-21-23-27-30/h21-23,26-27H,4-20,24-25,28-29H2,1-3H3. The molecule has 0 aliphatic carbocycles. The lowest BCUT2D eigenvalue weighted by Gasteiger charge is -2.28. The molecule has 5 heteroatoms. The van der Waals surface area contributed by atoms with Gasteiger partial charge < -0.3 is 18.0 Å². The molecule has 0 N–H and O–H groups in total. The van der Waals surface area contributed by atoms with E-state index in [2.05, 4.69) is 0 Å². The van der Waals surface area contributed by atoms with Gasteiger partial charge in [-0.2, -0.15) is 0 Å². The highest BCUT2D eigenvalue weighted by Crippen LogP contribution is 2.21. The summed E-state index contributed by atoms with van der Waals surface area (Å²) in [5.41, 5.74) is 0. The first kappa shape index (κ1) is 32.1. The van der Waals surface area contributed by atoms with Crippen molar-refractivity contribution >= 4 is 8.80 Å². The molecule has 1 aromatic carbocycles. The molecule has 0 unspecified atom stereocenters. The van der Waals surface area contributed by atoms with Gasteiger partial charge in [-0.3, -0.25) is 0 Å². The summed E-state index contributed by atoms with van der Waals surface area (Å²) < 4.78 is 23.6. The smallest absolute Gasteiger partial charge is 0.494 e. The largest absolute Gasteiger partial charge is 0.500 e. The van der Waals surface area contributed by atoms with Crippen LogP contribution in [0.2, 0.25) is 6.04 Å². The predicted octanol–water partition coefficient (Wildman–Crippen LogP) is 9.36. The van der Waals surface area contributed by atoms with Gasteiger partial charge in [-0.1, -0.05) is 108 Å². The fourth-order valence-electron chi connectivity index (χ4n) is 4.63. The lowest BCUT2D eigenvalue weighted by molar-refractivity contribution is 0.0706. The van der Waals surface area contributed by atoms with Gasteiger partial charge in [0.25, 0.3) is 0 Å². The summed E-state index contributed by atoms with van der Waals surface area (Å²) in [6.45, 7) is 8.99. The molecule has 0 bridgehead atoms. The van der Waals surface area contributed by atoms with Crippen molar-refractivity contribution in [3.8, 4) is 5.75 Å². The molecule has 0 radical (unpaired) electrons. The molecule has 0 atom stereocenters. The Morgan fingerprint density at radius 3 is 1.26 bits per heavy atom. The monoisotopic (exact) mass is 508 g/mol. The van der Waals surface area contributed by atoms with Crippen molar-refractivity contribution in [2.45, 2.75) is 130 Å². The van der Waals surface area contributed by atoms with E-state index in [1.165, 1.54) is 96.3 Å². The molecule has 0 aliphatic rings. The molecule has 0 heterocycles. The predicted molar refractivity (Wildman–Crippen MR) is 151 cm³/mol. The maximum absolute atomic E-state index is 5.95. The van der Waals surface area contributed by atoms with Gasteiger partial charge in [-0.25, -0.2) is 0 Å². The first-order chi connectivity index (χ1) is 17.3. The van der Waals surface area contributed by atoms with Crippen molar-refractivity contribution in [2.75, 3.05) is 26.4 Å². The third kappa shape index (κ3) is 18.1. The van der Waals surface area contributed by atoms with Crippen LogP contribution in [0.5, 0.6) is 5.75 Å². The number of rotatable bonds is 26. The molecule has 1 rings (SSSR count). The Kier molecular flexibility index (Phi) is 21.6. The van der Waals surface area contributed by atoms with Crippen molar-refractivity contribution < 1.29 is 18.0 Å². The molecule has 4 nitrogen and oxygen atoms in total. The Morgan fingerprint density at radius 1 is 0.486 bits per heavy atom. The van der Waals surface area contributed by atoms with Gasteiger partial charge in [0.05, 0.1) is 6.61 Å². The molecule has 204 valence electrons. The van der Waals surface area contributed by atoms with Crippen LogP contribution in [0.3, 0.4) is 0 Å². The zero-order chi connectivity index (χ0) is 25.3. The SMILES string of the molecule is CCO[Si](CCCCCCCCCCCCCCCCCCOc1ccccc1)(OCC)OCC. The van der Waals surface area contributed by atoms with E-state index in [0.29, 0.717) is 19.8 Å². The number of ether oxygens (including phenoxy) is 1. The van der Waals surface area contributed by atoms with E-state index in [1.807, 2.05) is 51.1 Å². The van der Waals surface area contributed by atoms with Crippen molar-refractivity contribution in [3.05, 3.63) is 30.3 Å². The van der Waals surface area contributed by atoms with E-state index in [1.54, 1.807) is 0 Å². The van der Waals surface area contributed by atoms with E-state index in [4.69, 9.17) is 18.0 Å². The highest BCUT2D eigenvalue weighted by atomic mass is 28.4. The average Bonchev–Trinajstić information content (AvgIpc) is 2.86. The second kappa shape index (κ2) is 23.5. The Hall–Kier alpha value is -0.883. The maximum atomic E-state index is 5.95. The van der Waals surface area contributed by atoms with Crippen LogP contribution in [0.4, 0.5) is 0 Å². The summed E-state index contributed by atoms with van der Waals surface area (Å²) in [6.07, 6.45) is 21.6. The molecule has 35 heavy (non-hydrogen) atoms. The topological polar surface area (TPSA) is 36.9 Å². The zero-order valence-electron chi connectivity index (χ0n) is 23.4. The van der Waals surface area contributed by atoms with E-state index >= 15 is 0 Å². The fraction of sp³-hybridized carbons (Fsp3) is 0.800. The second-order valence-corrected chi connectivity index (χ2v) is 12.3. The third-order valence-corrected chi connectivity index (χ3v) is 9.63. The molecule has 0 spiro atoms. The Bertz CT molecular complexity index is 538. The van der Waals surface area contributed by atoms with Crippen LogP contribution in [0.1, 0.15) is 124 Å². The van der Waals surface area contributed by atoms with Gasteiger partial charge >= 0.3 is 8.80 Å². The molecule has 0 saturated carbocycles. The van der Waals surface area contributed by atoms with E-state index in [0.717, 1.165) is 24.8 Å². The van der Waals surface area contributed by atoms with Gasteiger partial charge in [0.15, 0.2) is 0 Å². The first-order valence-corrected chi connectivity index (χ1v) is 16.8. The lowest BCUT2D eigenvalue weighted by atomic mass is 10.0. The van der Waals surface area contributed by atoms with E-state index in [-0.39, 0.29) is 0 Å². The molecule has 1 aromatic rings. The number of para-hydroxylation sites is 1. The van der Waals surface area contributed by atoms with E-state index in [9.17, 15) is 0 Å². The van der Waals surface area contributed by atoms with Gasteiger partial charge in [0.1, 0.15) is 5.75 Å². The van der Waals surface area contributed by atoms with Gasteiger partial charge in [-0.05, 0) is 45.7 Å². The molecule has 0 amide bonds. The third-order valence-electron chi connectivity index (χ3n) is 6.48. The molecule has 0 aromatic heterocycles. The summed E-state index contributed by atoms with van der Waals surface area (Å²) in [4.78, 5) is 0. The summed E-state index contributed by atoms with van der Waals surface area (Å²) >= 11 is 0. The van der Waals surface area contributed by atoms with Crippen LogP contribution < -0.4 is 4.74 Å². The van der Waals surface area contributed by atoms with Gasteiger partial charge in [-0.15, -0.1) is 0 Å². The van der Waals surface area contributed by atoms with Crippen LogP contribution in [-0.2, 0) is 13.3 Å². The molecular weight excluding hydrogens is 452 g/mol. The minimum atomic E-state index is -2.42. The Balaban J connectivity index is 1.81. The zero-order valence-corrected chi connectivity index (χ0v) is 24.4. The number of hydrogen-bond donors (Lipinski definition) is 0. The summed E-state index contributed by atoms with van der Waals surface area (Å²) in [5.74, 6) is 0.995. The highest BCUT2D eigenvalue weighted by molar-refractivity contribution is 6.60. The Labute approximate surface area is 218 Å². The molecule has 0 aliphatic heterocycles. The summed E-state index contributed by atoms with van der Waals surface area (Å²) in [6, 6.07) is 11.1. The van der Waals surface area contributed by atoms with Crippen LogP contribution in [0.15, 0.2) is 30.3 Å². The van der Waals surface area contributed by atoms with Crippen LogP contribution in [-0.4, -0.2) is 35.2 Å².